The van der Waals surface area contributed by atoms with Crippen LogP contribution in [-0.4, -0.2) is 71.8 Å². The van der Waals surface area contributed by atoms with Crippen LogP contribution in [0.15, 0.2) is 30.3 Å². The molecule has 0 radical (unpaired) electrons. The van der Waals surface area contributed by atoms with E-state index in [1.165, 1.54) is 10.6 Å². The fourth-order valence-corrected chi connectivity index (χ4v) is 3.24. The first-order valence-electron chi connectivity index (χ1n) is 9.41. The van der Waals surface area contributed by atoms with E-state index in [1.807, 2.05) is 23.5 Å². The SMILES string of the molecule is CCOC(=O)N1CC(O)C([NH2+]C(C)Cc2ccccc2)CN1C(=O)OCC. The summed E-state index contributed by atoms with van der Waals surface area (Å²) >= 11 is 0. The first kappa shape index (κ1) is 21.0. The maximum Gasteiger partial charge on any atom is 0.429 e. The van der Waals surface area contributed by atoms with Crippen LogP contribution in [0.4, 0.5) is 9.59 Å². The van der Waals surface area contributed by atoms with Crippen molar-refractivity contribution in [3.05, 3.63) is 35.9 Å². The molecule has 3 atom stereocenters. The summed E-state index contributed by atoms with van der Waals surface area (Å²) in [5.74, 6) is 0. The number of rotatable bonds is 6. The molecule has 2 amide bonds. The number of hydrogen-bond acceptors (Lipinski definition) is 5. The molecule has 1 aliphatic heterocycles. The number of nitrogens with two attached hydrogens (primary N) is 1. The Morgan fingerprint density at radius 3 is 2.22 bits per heavy atom. The standard InChI is InChI=1S/C19H29N3O5/c1-4-26-18(24)21-12-16(17(23)13-22(21)19(25)27-5-2)20-14(3)11-15-9-7-6-8-10-15/h6-10,14,16-17,20,23H,4-5,11-13H2,1-3H3/p+1. The summed E-state index contributed by atoms with van der Waals surface area (Å²) in [6.07, 6.45) is -1.23. The van der Waals surface area contributed by atoms with Crippen molar-refractivity contribution in [2.24, 2.45) is 0 Å². The number of aliphatic hydroxyl groups excluding tert-OH is 1. The predicted molar refractivity (Wildman–Crippen MR) is 98.8 cm³/mol. The van der Waals surface area contributed by atoms with Gasteiger partial charge in [0.1, 0.15) is 18.7 Å². The topological polar surface area (TPSA) is 95.9 Å². The number of ether oxygens (including phenoxy) is 2. The summed E-state index contributed by atoms with van der Waals surface area (Å²) in [7, 11) is 0. The Kier molecular flexibility index (Phi) is 7.87. The molecular formula is C19H30N3O5+. The highest BCUT2D eigenvalue weighted by atomic mass is 16.6. The number of hydrogen-bond donors (Lipinski definition) is 2. The molecule has 3 N–H and O–H groups in total. The van der Waals surface area contributed by atoms with Crippen LogP contribution in [0.25, 0.3) is 0 Å². The average molecular weight is 380 g/mol. The second kappa shape index (κ2) is 10.1. The lowest BCUT2D eigenvalue weighted by Crippen LogP contribution is -2.99. The molecule has 8 nitrogen and oxygen atoms in total. The molecule has 0 spiro atoms. The summed E-state index contributed by atoms with van der Waals surface area (Å²) in [6.45, 7) is 6.01. The van der Waals surface area contributed by atoms with Gasteiger partial charge >= 0.3 is 12.2 Å². The van der Waals surface area contributed by atoms with Gasteiger partial charge in [0.05, 0.1) is 25.8 Å². The number of benzene rings is 1. The molecule has 8 heteroatoms. The molecule has 1 aliphatic rings. The van der Waals surface area contributed by atoms with Crippen molar-refractivity contribution in [2.75, 3.05) is 26.3 Å². The number of β-amino-alcohol motifs (C(OH)–C–C–N with tert-alkyl or cyclic N) is 1. The van der Waals surface area contributed by atoms with Crippen molar-refractivity contribution in [1.29, 1.82) is 0 Å². The van der Waals surface area contributed by atoms with E-state index in [4.69, 9.17) is 9.47 Å². The van der Waals surface area contributed by atoms with Crippen molar-refractivity contribution in [1.82, 2.24) is 10.0 Å². The Balaban J connectivity index is 2.05. The van der Waals surface area contributed by atoms with Crippen LogP contribution in [0.5, 0.6) is 0 Å². The first-order chi connectivity index (χ1) is 13.0. The maximum absolute atomic E-state index is 12.3. The van der Waals surface area contributed by atoms with E-state index in [9.17, 15) is 14.7 Å². The molecule has 1 saturated heterocycles. The summed E-state index contributed by atoms with van der Waals surface area (Å²) in [4.78, 5) is 24.5. The van der Waals surface area contributed by atoms with Crippen LogP contribution in [0, 0.1) is 0 Å². The van der Waals surface area contributed by atoms with E-state index in [0.717, 1.165) is 11.4 Å². The molecule has 0 saturated carbocycles. The van der Waals surface area contributed by atoms with Gasteiger partial charge in [0.25, 0.3) is 0 Å². The largest absolute Gasteiger partial charge is 0.448 e. The van der Waals surface area contributed by atoms with Gasteiger partial charge in [-0.1, -0.05) is 30.3 Å². The molecular weight excluding hydrogens is 350 g/mol. The van der Waals surface area contributed by atoms with E-state index in [2.05, 4.69) is 19.1 Å². The highest BCUT2D eigenvalue weighted by Gasteiger charge is 2.42. The highest BCUT2D eigenvalue weighted by molar-refractivity contribution is 5.74. The lowest BCUT2D eigenvalue weighted by atomic mass is 10.0. The second-order valence-corrected chi connectivity index (χ2v) is 6.65. The van der Waals surface area contributed by atoms with Crippen molar-refractivity contribution in [2.45, 2.75) is 45.4 Å². The van der Waals surface area contributed by atoms with Gasteiger partial charge in [-0.25, -0.2) is 19.6 Å². The third-order valence-corrected chi connectivity index (χ3v) is 4.46. The zero-order chi connectivity index (χ0) is 19.8. The number of quaternary nitrogens is 1. The summed E-state index contributed by atoms with van der Waals surface area (Å²) in [5, 5.41) is 14.9. The Morgan fingerprint density at radius 2 is 1.67 bits per heavy atom. The van der Waals surface area contributed by atoms with E-state index in [0.29, 0.717) is 0 Å². The third kappa shape index (κ3) is 5.83. The zero-order valence-corrected chi connectivity index (χ0v) is 16.2. The van der Waals surface area contributed by atoms with Crippen LogP contribution in [0.2, 0.25) is 0 Å². The molecule has 0 bridgehead atoms. The van der Waals surface area contributed by atoms with E-state index in [1.54, 1.807) is 13.8 Å². The van der Waals surface area contributed by atoms with Crippen LogP contribution in [0.1, 0.15) is 26.3 Å². The number of carbonyl (C=O) groups is 2. The molecule has 150 valence electrons. The Hall–Kier alpha value is -2.32. The molecule has 1 aromatic carbocycles. The van der Waals surface area contributed by atoms with Gasteiger partial charge in [0.15, 0.2) is 0 Å². The Bertz CT molecular complexity index is 613. The smallest absolute Gasteiger partial charge is 0.429 e. The van der Waals surface area contributed by atoms with Gasteiger partial charge in [0.2, 0.25) is 0 Å². The lowest BCUT2D eigenvalue weighted by Gasteiger charge is -2.41. The van der Waals surface area contributed by atoms with Crippen LogP contribution < -0.4 is 5.32 Å². The first-order valence-corrected chi connectivity index (χ1v) is 9.41. The minimum atomic E-state index is -0.779. The third-order valence-electron chi connectivity index (χ3n) is 4.46. The summed E-state index contributed by atoms with van der Waals surface area (Å²) < 4.78 is 10.1. The van der Waals surface area contributed by atoms with Gasteiger partial charge in [0, 0.05) is 6.42 Å². The quantitative estimate of drug-likeness (QED) is 0.760. The van der Waals surface area contributed by atoms with Crippen LogP contribution >= 0.6 is 0 Å². The molecule has 1 aromatic rings. The van der Waals surface area contributed by atoms with Gasteiger partial charge in [-0.2, -0.15) is 0 Å². The predicted octanol–water partition coefficient (Wildman–Crippen LogP) is 0.756. The van der Waals surface area contributed by atoms with Crippen molar-refractivity contribution >= 4 is 12.2 Å². The van der Waals surface area contributed by atoms with E-state index < -0.39 is 18.3 Å². The fourth-order valence-electron chi connectivity index (χ4n) is 3.24. The van der Waals surface area contributed by atoms with Crippen molar-refractivity contribution < 1.29 is 29.5 Å². The van der Waals surface area contributed by atoms with Gasteiger partial charge in [-0.15, -0.1) is 0 Å². The Morgan fingerprint density at radius 1 is 1.11 bits per heavy atom. The summed E-state index contributed by atoms with van der Waals surface area (Å²) in [6, 6.07) is 10.0. The monoisotopic (exact) mass is 380 g/mol. The van der Waals surface area contributed by atoms with Gasteiger partial charge in [-0.05, 0) is 26.3 Å². The van der Waals surface area contributed by atoms with Gasteiger partial charge in [-0.3, -0.25) is 0 Å². The molecule has 0 aliphatic carbocycles. The maximum atomic E-state index is 12.3. The minimum absolute atomic E-state index is 0.0170. The van der Waals surface area contributed by atoms with E-state index in [-0.39, 0.29) is 38.4 Å². The lowest BCUT2D eigenvalue weighted by molar-refractivity contribution is -0.726. The molecule has 1 fully saturated rings. The number of amides is 2. The minimum Gasteiger partial charge on any atom is -0.448 e. The summed E-state index contributed by atoms with van der Waals surface area (Å²) in [5.41, 5.74) is 1.21. The van der Waals surface area contributed by atoms with Gasteiger partial charge < -0.3 is 19.9 Å². The van der Waals surface area contributed by atoms with Crippen LogP contribution in [-0.2, 0) is 15.9 Å². The Labute approximate surface area is 160 Å². The number of hydrazine groups is 1. The van der Waals surface area contributed by atoms with E-state index >= 15 is 0 Å². The normalized spacial score (nSPS) is 20.9. The highest BCUT2D eigenvalue weighted by Crippen LogP contribution is 2.14. The van der Waals surface area contributed by atoms with Crippen molar-refractivity contribution in [3.63, 3.8) is 0 Å². The molecule has 27 heavy (non-hydrogen) atoms. The molecule has 1 heterocycles. The molecule has 0 aromatic heterocycles. The average Bonchev–Trinajstić information content (AvgIpc) is 2.64. The second-order valence-electron chi connectivity index (χ2n) is 6.65. The fraction of sp³-hybridized carbons (Fsp3) is 0.579. The van der Waals surface area contributed by atoms with Crippen LogP contribution in [0.3, 0.4) is 0 Å². The molecule has 3 unspecified atom stereocenters. The number of nitrogens with zero attached hydrogens (tertiary/aromatic N) is 2. The number of aliphatic hydroxyl groups is 1. The molecule has 2 rings (SSSR count). The van der Waals surface area contributed by atoms with Crippen molar-refractivity contribution in [3.8, 4) is 0 Å². The zero-order valence-electron chi connectivity index (χ0n) is 16.2. The number of carbonyl (C=O) groups excluding carboxylic acids is 2.